The maximum atomic E-state index is 6.51. The lowest BCUT2D eigenvalue weighted by atomic mass is 9.81. The average Bonchev–Trinajstić information content (AvgIpc) is 3.46. The molecule has 1 aromatic heterocycles. The maximum Gasteiger partial charge on any atom is 0.140 e. The Morgan fingerprint density at radius 2 is 1.23 bits per heavy atom. The molecular formula is C37H27NO. The molecule has 0 aliphatic heterocycles. The average molecular weight is 502 g/mol. The highest BCUT2D eigenvalue weighted by molar-refractivity contribution is 6.09. The summed E-state index contributed by atoms with van der Waals surface area (Å²) in [6, 6.07) is 45.7. The van der Waals surface area contributed by atoms with E-state index >= 15 is 0 Å². The number of hydrogen-bond acceptors (Lipinski definition) is 2. The van der Waals surface area contributed by atoms with Crippen LogP contribution in [0.1, 0.15) is 25.0 Å². The number of rotatable bonds is 3. The first-order valence-electron chi connectivity index (χ1n) is 13.5. The Balaban J connectivity index is 1.33. The minimum Gasteiger partial charge on any atom is -0.456 e. The van der Waals surface area contributed by atoms with Crippen molar-refractivity contribution < 1.29 is 4.42 Å². The molecule has 7 aromatic rings. The van der Waals surface area contributed by atoms with Gasteiger partial charge in [-0.1, -0.05) is 92.7 Å². The zero-order valence-electron chi connectivity index (χ0n) is 22.0. The fourth-order valence-electron chi connectivity index (χ4n) is 6.53. The predicted molar refractivity (Wildman–Crippen MR) is 163 cm³/mol. The summed E-state index contributed by atoms with van der Waals surface area (Å²) in [6.45, 7) is 4.66. The van der Waals surface area contributed by atoms with Gasteiger partial charge in [-0.05, 0) is 76.0 Å². The van der Waals surface area contributed by atoms with Gasteiger partial charge in [0, 0.05) is 38.8 Å². The molecule has 39 heavy (non-hydrogen) atoms. The van der Waals surface area contributed by atoms with Gasteiger partial charge in [0.2, 0.25) is 0 Å². The number of furan rings is 1. The first-order valence-corrected chi connectivity index (χ1v) is 13.5. The van der Waals surface area contributed by atoms with E-state index in [1.807, 2.05) is 6.07 Å². The molecule has 0 atom stereocenters. The molecule has 0 unspecified atom stereocenters. The van der Waals surface area contributed by atoms with Crippen LogP contribution in [-0.4, -0.2) is 0 Å². The SMILES string of the molecule is CC1(C)c2cc(N(c3ccccc3)c3ccc4ccccc4c3)ccc2-c2ccc3c(oc4ccccc43)c21. The standard InChI is InChI=1S/C37H27NO/c1-37(2)33-23-28(38(26-12-4-3-5-13-26)27-17-16-24-10-6-7-11-25(24)22-27)18-19-29(33)31-20-21-32-30-14-8-9-15-34(30)39-36(32)35(31)37/h3-23H,1-2H3. The predicted octanol–water partition coefficient (Wildman–Crippen LogP) is 10.5. The third kappa shape index (κ3) is 3.21. The zero-order valence-corrected chi connectivity index (χ0v) is 22.0. The van der Waals surface area contributed by atoms with Gasteiger partial charge in [0.05, 0.1) is 0 Å². The summed E-state index contributed by atoms with van der Waals surface area (Å²) in [6.07, 6.45) is 0. The van der Waals surface area contributed by atoms with Gasteiger partial charge in [-0.2, -0.15) is 0 Å². The van der Waals surface area contributed by atoms with E-state index in [0.717, 1.165) is 28.2 Å². The first-order chi connectivity index (χ1) is 19.1. The van der Waals surface area contributed by atoms with Crippen LogP contribution in [0.4, 0.5) is 17.1 Å². The van der Waals surface area contributed by atoms with Crippen molar-refractivity contribution in [2.24, 2.45) is 0 Å². The van der Waals surface area contributed by atoms with Crippen LogP contribution < -0.4 is 4.90 Å². The van der Waals surface area contributed by atoms with Crippen molar-refractivity contribution in [3.63, 3.8) is 0 Å². The molecule has 0 spiro atoms. The summed E-state index contributed by atoms with van der Waals surface area (Å²) in [5.74, 6) is 0. The largest absolute Gasteiger partial charge is 0.456 e. The van der Waals surface area contributed by atoms with Crippen molar-refractivity contribution >= 4 is 49.8 Å². The van der Waals surface area contributed by atoms with E-state index < -0.39 is 0 Å². The normalized spacial score (nSPS) is 13.6. The summed E-state index contributed by atoms with van der Waals surface area (Å²) in [4.78, 5) is 2.36. The van der Waals surface area contributed by atoms with E-state index in [4.69, 9.17) is 4.42 Å². The van der Waals surface area contributed by atoms with E-state index in [1.54, 1.807) is 0 Å². The van der Waals surface area contributed by atoms with Crippen molar-refractivity contribution in [1.82, 2.24) is 0 Å². The molecule has 0 bridgehead atoms. The van der Waals surface area contributed by atoms with Crippen LogP contribution in [0.2, 0.25) is 0 Å². The van der Waals surface area contributed by atoms with Crippen LogP contribution in [0.25, 0.3) is 43.8 Å². The number of benzene rings is 6. The number of para-hydroxylation sites is 2. The van der Waals surface area contributed by atoms with Gasteiger partial charge in [-0.25, -0.2) is 0 Å². The molecule has 186 valence electrons. The van der Waals surface area contributed by atoms with Gasteiger partial charge < -0.3 is 9.32 Å². The fourth-order valence-corrected chi connectivity index (χ4v) is 6.53. The van der Waals surface area contributed by atoms with Crippen molar-refractivity contribution in [2.75, 3.05) is 4.90 Å². The Morgan fingerprint density at radius 3 is 2.10 bits per heavy atom. The highest BCUT2D eigenvalue weighted by atomic mass is 16.3. The molecule has 2 heteroatoms. The van der Waals surface area contributed by atoms with E-state index in [2.05, 4.69) is 140 Å². The van der Waals surface area contributed by atoms with Crippen LogP contribution in [0.5, 0.6) is 0 Å². The molecule has 6 aromatic carbocycles. The highest BCUT2D eigenvalue weighted by Crippen LogP contribution is 2.54. The molecule has 1 aliphatic carbocycles. The fraction of sp³-hybridized carbons (Fsp3) is 0.0811. The van der Waals surface area contributed by atoms with Gasteiger partial charge in [0.1, 0.15) is 11.2 Å². The van der Waals surface area contributed by atoms with Gasteiger partial charge >= 0.3 is 0 Å². The Morgan fingerprint density at radius 1 is 0.538 bits per heavy atom. The van der Waals surface area contributed by atoms with E-state index in [9.17, 15) is 0 Å². The van der Waals surface area contributed by atoms with Crippen LogP contribution in [0.15, 0.2) is 132 Å². The summed E-state index contributed by atoms with van der Waals surface area (Å²) in [5.41, 5.74) is 10.3. The molecule has 0 saturated heterocycles. The zero-order chi connectivity index (χ0) is 26.1. The van der Waals surface area contributed by atoms with Gasteiger partial charge in [-0.3, -0.25) is 0 Å². The molecular weight excluding hydrogens is 474 g/mol. The second-order valence-electron chi connectivity index (χ2n) is 11.0. The third-order valence-electron chi connectivity index (χ3n) is 8.40. The minimum absolute atomic E-state index is 0.209. The summed E-state index contributed by atoms with van der Waals surface area (Å²) >= 11 is 0. The van der Waals surface area contributed by atoms with Gasteiger partial charge in [0.15, 0.2) is 0 Å². The van der Waals surface area contributed by atoms with E-state index in [0.29, 0.717) is 0 Å². The van der Waals surface area contributed by atoms with Crippen molar-refractivity contribution in [2.45, 2.75) is 19.3 Å². The molecule has 1 heterocycles. The van der Waals surface area contributed by atoms with Crippen molar-refractivity contribution in [3.05, 3.63) is 139 Å². The maximum absolute atomic E-state index is 6.51. The second kappa shape index (κ2) is 8.09. The molecule has 0 saturated carbocycles. The van der Waals surface area contributed by atoms with Crippen LogP contribution in [0.3, 0.4) is 0 Å². The molecule has 2 nitrogen and oxygen atoms in total. The summed E-state index contributed by atoms with van der Waals surface area (Å²) in [7, 11) is 0. The molecule has 0 fully saturated rings. The third-order valence-corrected chi connectivity index (χ3v) is 8.40. The van der Waals surface area contributed by atoms with Gasteiger partial charge in [-0.15, -0.1) is 0 Å². The Labute approximate surface area is 227 Å². The Bertz CT molecular complexity index is 2050. The highest BCUT2D eigenvalue weighted by Gasteiger charge is 2.39. The lowest BCUT2D eigenvalue weighted by molar-refractivity contribution is 0.620. The molecule has 0 amide bonds. The molecule has 0 radical (unpaired) electrons. The smallest absolute Gasteiger partial charge is 0.140 e. The minimum atomic E-state index is -0.209. The number of hydrogen-bond donors (Lipinski definition) is 0. The van der Waals surface area contributed by atoms with E-state index in [1.165, 1.54) is 43.8 Å². The van der Waals surface area contributed by atoms with Crippen LogP contribution in [-0.2, 0) is 5.41 Å². The number of fused-ring (bicyclic) bond motifs is 8. The number of nitrogens with zero attached hydrogens (tertiary/aromatic N) is 1. The lowest BCUT2D eigenvalue weighted by Crippen LogP contribution is -2.17. The van der Waals surface area contributed by atoms with Crippen molar-refractivity contribution in [3.8, 4) is 11.1 Å². The quantitative estimate of drug-likeness (QED) is 0.239. The molecule has 0 N–H and O–H groups in total. The number of anilines is 3. The summed E-state index contributed by atoms with van der Waals surface area (Å²) < 4.78 is 6.51. The van der Waals surface area contributed by atoms with Gasteiger partial charge in [0.25, 0.3) is 0 Å². The lowest BCUT2D eigenvalue weighted by Gasteiger charge is -2.28. The Kier molecular flexibility index (Phi) is 4.60. The van der Waals surface area contributed by atoms with Crippen LogP contribution >= 0.6 is 0 Å². The first kappa shape index (κ1) is 22.2. The Hall–Kier alpha value is -4.82. The second-order valence-corrected chi connectivity index (χ2v) is 11.0. The molecule has 1 aliphatic rings. The summed E-state index contributed by atoms with van der Waals surface area (Å²) in [5, 5.41) is 4.84. The van der Waals surface area contributed by atoms with E-state index in [-0.39, 0.29) is 5.41 Å². The topological polar surface area (TPSA) is 16.4 Å². The monoisotopic (exact) mass is 501 g/mol. The van der Waals surface area contributed by atoms with Crippen LogP contribution in [0, 0.1) is 0 Å². The van der Waals surface area contributed by atoms with Crippen molar-refractivity contribution in [1.29, 1.82) is 0 Å². The molecule has 8 rings (SSSR count).